The number of carboxylic acid groups (broad SMARTS) is 2. The number of rotatable bonds is 8. The fourth-order valence-corrected chi connectivity index (χ4v) is 5.56. The predicted molar refractivity (Wildman–Crippen MR) is 150 cm³/mol. The van der Waals surface area contributed by atoms with E-state index in [0.29, 0.717) is 33.4 Å². The van der Waals surface area contributed by atoms with E-state index in [4.69, 9.17) is 42.9 Å². The largest absolute Gasteiger partial charge is 0.479 e. The highest BCUT2D eigenvalue weighted by atomic mass is 35.5. The van der Waals surface area contributed by atoms with E-state index in [-0.39, 0.29) is 0 Å². The molecule has 2 fully saturated rings. The third-order valence-electron chi connectivity index (χ3n) is 7.34. The highest BCUT2D eigenvalue weighted by Crippen LogP contribution is 2.40. The summed E-state index contributed by atoms with van der Waals surface area (Å²) in [5, 5.41) is 19.2. The van der Waals surface area contributed by atoms with Crippen LogP contribution >= 0.6 is 23.2 Å². The number of hydrogen-bond donors (Lipinski definition) is 2. The highest BCUT2D eigenvalue weighted by molar-refractivity contribution is 6.31. The van der Waals surface area contributed by atoms with Crippen molar-refractivity contribution in [1.82, 2.24) is 0 Å². The number of aliphatic carboxylic acids is 2. The molecule has 2 aliphatic rings. The second-order valence-corrected chi connectivity index (χ2v) is 11.1. The molecule has 0 heterocycles. The van der Waals surface area contributed by atoms with Crippen LogP contribution < -0.4 is 9.47 Å². The first-order valence-corrected chi connectivity index (χ1v) is 14.3. The van der Waals surface area contributed by atoms with Crippen LogP contribution in [0.4, 0.5) is 0 Å². The van der Waals surface area contributed by atoms with Crippen LogP contribution in [0.1, 0.15) is 101 Å². The normalized spacial score (nSPS) is 18.0. The van der Waals surface area contributed by atoms with Crippen LogP contribution in [0.15, 0.2) is 36.4 Å². The molecule has 2 atom stereocenters. The van der Waals surface area contributed by atoms with Crippen LogP contribution in [0, 0.1) is 0 Å². The Kier molecular flexibility index (Phi) is 11.6. The van der Waals surface area contributed by atoms with Crippen LogP contribution in [-0.2, 0) is 9.59 Å². The van der Waals surface area contributed by atoms with Gasteiger partial charge in [0.2, 0.25) is 0 Å². The van der Waals surface area contributed by atoms with Crippen molar-refractivity contribution in [2.75, 3.05) is 0 Å². The lowest BCUT2D eigenvalue weighted by Crippen LogP contribution is -2.23. The zero-order valence-electron chi connectivity index (χ0n) is 22.1. The average Bonchev–Trinajstić information content (AvgIpc) is 2.91. The maximum Gasteiger partial charge on any atom is 0.344 e. The predicted octanol–water partition coefficient (Wildman–Crippen LogP) is 8.48. The van der Waals surface area contributed by atoms with Gasteiger partial charge in [-0.1, -0.05) is 61.7 Å². The van der Waals surface area contributed by atoms with Crippen molar-refractivity contribution in [3.8, 4) is 11.5 Å². The molecule has 6 nitrogen and oxygen atoms in total. The molecule has 2 aliphatic carbocycles. The lowest BCUT2D eigenvalue weighted by Gasteiger charge is -2.25. The molecule has 8 heteroatoms. The van der Waals surface area contributed by atoms with Gasteiger partial charge >= 0.3 is 11.9 Å². The first-order valence-electron chi connectivity index (χ1n) is 13.5. The molecule has 2 unspecified atom stereocenters. The Bertz CT molecular complexity index is 991. The molecule has 0 amide bonds. The van der Waals surface area contributed by atoms with Crippen molar-refractivity contribution in [3.63, 3.8) is 0 Å². The average molecular weight is 566 g/mol. The highest BCUT2D eigenvalue weighted by Gasteiger charge is 2.23. The number of halogens is 2. The fourth-order valence-electron chi connectivity index (χ4n) is 5.20. The lowest BCUT2D eigenvalue weighted by molar-refractivity contribution is -0.145. The van der Waals surface area contributed by atoms with E-state index in [2.05, 4.69) is 0 Å². The van der Waals surface area contributed by atoms with Gasteiger partial charge in [-0.15, -0.1) is 0 Å². The molecule has 38 heavy (non-hydrogen) atoms. The first-order chi connectivity index (χ1) is 18.2. The van der Waals surface area contributed by atoms with Crippen LogP contribution in [0.2, 0.25) is 10.0 Å². The topological polar surface area (TPSA) is 93.1 Å². The molecular formula is C30H38Cl2O6. The quantitative estimate of drug-likeness (QED) is 0.334. The number of hydrogen-bond acceptors (Lipinski definition) is 4. The fraction of sp³-hybridized carbons (Fsp3) is 0.533. The molecule has 0 aliphatic heterocycles. The van der Waals surface area contributed by atoms with Gasteiger partial charge < -0.3 is 19.7 Å². The Morgan fingerprint density at radius 2 is 1.03 bits per heavy atom. The van der Waals surface area contributed by atoms with Gasteiger partial charge in [0.1, 0.15) is 11.5 Å². The molecule has 2 N–H and O–H groups in total. The minimum atomic E-state index is -0.954. The summed E-state index contributed by atoms with van der Waals surface area (Å²) in [5.41, 5.74) is 2.11. The molecule has 4 rings (SSSR count). The molecule has 0 aromatic heterocycles. The van der Waals surface area contributed by atoms with Crippen molar-refractivity contribution in [3.05, 3.63) is 57.6 Å². The van der Waals surface area contributed by atoms with E-state index < -0.39 is 24.1 Å². The third-order valence-corrected chi connectivity index (χ3v) is 7.81. The maximum absolute atomic E-state index is 10.9. The molecular weight excluding hydrogens is 527 g/mol. The van der Waals surface area contributed by atoms with Gasteiger partial charge in [0.25, 0.3) is 0 Å². The Hall–Kier alpha value is -2.44. The molecule has 208 valence electrons. The minimum Gasteiger partial charge on any atom is -0.479 e. The zero-order valence-corrected chi connectivity index (χ0v) is 23.6. The molecule has 0 saturated heterocycles. The van der Waals surface area contributed by atoms with Crippen molar-refractivity contribution < 1.29 is 29.3 Å². The summed E-state index contributed by atoms with van der Waals surface area (Å²) in [5.74, 6) is 0.276. The van der Waals surface area contributed by atoms with E-state index >= 15 is 0 Å². The van der Waals surface area contributed by atoms with Gasteiger partial charge in [0.15, 0.2) is 12.2 Å². The summed E-state index contributed by atoms with van der Waals surface area (Å²) in [7, 11) is 0. The summed E-state index contributed by atoms with van der Waals surface area (Å²) in [6, 6.07) is 10.9. The summed E-state index contributed by atoms with van der Waals surface area (Å²) in [6.45, 7) is 3.09. The van der Waals surface area contributed by atoms with Gasteiger partial charge in [-0.25, -0.2) is 9.59 Å². The van der Waals surface area contributed by atoms with Crippen molar-refractivity contribution in [2.45, 2.75) is 102 Å². The van der Waals surface area contributed by atoms with Crippen LogP contribution in [0.5, 0.6) is 11.5 Å². The number of carboxylic acids is 2. The molecule has 0 spiro atoms. The molecule has 2 aromatic carbocycles. The van der Waals surface area contributed by atoms with Crippen LogP contribution in [0.3, 0.4) is 0 Å². The second kappa shape index (κ2) is 14.6. The number of ether oxygens (including phenoxy) is 2. The summed E-state index contributed by atoms with van der Waals surface area (Å²) in [6.07, 6.45) is 10.2. The maximum atomic E-state index is 10.9. The summed E-state index contributed by atoms with van der Waals surface area (Å²) < 4.78 is 11.1. The summed E-state index contributed by atoms with van der Waals surface area (Å²) >= 11 is 12.1. The lowest BCUT2D eigenvalue weighted by atomic mass is 9.83. The molecule has 2 saturated carbocycles. The Labute approximate surface area is 235 Å². The van der Waals surface area contributed by atoms with Crippen molar-refractivity contribution in [2.24, 2.45) is 0 Å². The van der Waals surface area contributed by atoms with Gasteiger partial charge in [0.05, 0.1) is 0 Å². The minimum absolute atomic E-state index is 0.434. The molecule has 0 radical (unpaired) electrons. The van der Waals surface area contributed by atoms with E-state index in [9.17, 15) is 9.59 Å². The first kappa shape index (κ1) is 30.1. The number of benzene rings is 2. The third kappa shape index (κ3) is 8.81. The molecule has 0 bridgehead atoms. The summed E-state index contributed by atoms with van der Waals surface area (Å²) in [4.78, 5) is 21.8. The van der Waals surface area contributed by atoms with Crippen molar-refractivity contribution >= 4 is 35.1 Å². The van der Waals surface area contributed by atoms with Gasteiger partial charge in [0, 0.05) is 10.0 Å². The SMILES string of the molecule is CC(Oc1ccc(Cl)cc1C1CCCCC1)C(=O)O.CC(Oc1ccc(Cl)cc1C1CCCCC1)C(=O)O. The Balaban J connectivity index is 0.000000211. The van der Waals surface area contributed by atoms with Gasteiger partial charge in [-0.3, -0.25) is 0 Å². The van der Waals surface area contributed by atoms with Gasteiger partial charge in [-0.05, 0) is 98.9 Å². The zero-order chi connectivity index (χ0) is 27.7. The van der Waals surface area contributed by atoms with E-state index in [1.54, 1.807) is 38.1 Å². The Morgan fingerprint density at radius 1 is 0.684 bits per heavy atom. The van der Waals surface area contributed by atoms with Crippen LogP contribution in [-0.4, -0.2) is 34.4 Å². The Morgan fingerprint density at radius 3 is 1.34 bits per heavy atom. The van der Waals surface area contributed by atoms with Crippen molar-refractivity contribution in [1.29, 1.82) is 0 Å². The monoisotopic (exact) mass is 564 g/mol. The van der Waals surface area contributed by atoms with E-state index in [1.807, 2.05) is 12.1 Å². The van der Waals surface area contributed by atoms with Crippen LogP contribution in [0.25, 0.3) is 0 Å². The molecule has 2 aromatic rings. The van der Waals surface area contributed by atoms with Gasteiger partial charge in [-0.2, -0.15) is 0 Å². The van der Waals surface area contributed by atoms with E-state index in [0.717, 1.165) is 36.8 Å². The smallest absolute Gasteiger partial charge is 0.344 e. The standard InChI is InChI=1S/2C15H19ClO3/c2*1-10(15(17)18)19-14-8-7-12(16)9-13(14)11-5-3-2-4-6-11/h2*7-11H,2-6H2,1H3,(H,17,18). The van der Waals surface area contributed by atoms with E-state index in [1.165, 1.54) is 38.5 Å². The number of carbonyl (C=O) groups is 2. The second-order valence-electron chi connectivity index (χ2n) is 10.2.